The van der Waals surface area contributed by atoms with Crippen LogP contribution in [0.1, 0.15) is 40.0 Å². The van der Waals surface area contributed by atoms with Crippen LogP contribution < -0.4 is 0 Å². The number of aliphatic hydroxyl groups is 3. The van der Waals surface area contributed by atoms with E-state index in [2.05, 4.69) is 6.92 Å². The Morgan fingerprint density at radius 1 is 1.22 bits per heavy atom. The molecule has 2 spiro atoms. The number of fused-ring (bicyclic) bond motifs is 2. The van der Waals surface area contributed by atoms with Crippen molar-refractivity contribution < 1.29 is 34.3 Å². The molecule has 27 heavy (non-hydrogen) atoms. The summed E-state index contributed by atoms with van der Waals surface area (Å²) in [5.41, 5.74) is -2.06. The first-order valence-electron chi connectivity index (χ1n) is 9.99. The van der Waals surface area contributed by atoms with Gasteiger partial charge in [-0.15, -0.1) is 0 Å². The van der Waals surface area contributed by atoms with Crippen LogP contribution in [0.5, 0.6) is 0 Å². The van der Waals surface area contributed by atoms with Crippen molar-refractivity contribution in [3.63, 3.8) is 0 Å². The van der Waals surface area contributed by atoms with Crippen LogP contribution in [-0.2, 0) is 19.0 Å². The molecule has 2 saturated carbocycles. The molecule has 0 amide bonds. The normalized spacial score (nSPS) is 60.1. The summed E-state index contributed by atoms with van der Waals surface area (Å²) in [5, 5.41) is 33.5. The maximum atomic E-state index is 12.1. The van der Waals surface area contributed by atoms with Gasteiger partial charge in [-0.1, -0.05) is 20.8 Å². The van der Waals surface area contributed by atoms with Crippen LogP contribution in [0.15, 0.2) is 11.1 Å². The van der Waals surface area contributed by atoms with Gasteiger partial charge >= 0.3 is 5.97 Å². The molecule has 7 nitrogen and oxygen atoms in total. The number of esters is 1. The quantitative estimate of drug-likeness (QED) is 0.437. The van der Waals surface area contributed by atoms with Crippen molar-refractivity contribution in [1.82, 2.24) is 0 Å². The molecule has 9 atom stereocenters. The lowest BCUT2D eigenvalue weighted by Crippen LogP contribution is -2.76. The van der Waals surface area contributed by atoms with Gasteiger partial charge in [-0.25, -0.2) is 4.79 Å². The second-order valence-electron chi connectivity index (χ2n) is 9.85. The van der Waals surface area contributed by atoms with Gasteiger partial charge in [-0.2, -0.15) is 0 Å². The molecular weight excluding hydrogens is 352 g/mol. The molecule has 3 aliphatic heterocycles. The van der Waals surface area contributed by atoms with E-state index >= 15 is 0 Å². The van der Waals surface area contributed by atoms with Crippen molar-refractivity contribution in [1.29, 1.82) is 0 Å². The molecule has 3 aliphatic carbocycles. The highest BCUT2D eigenvalue weighted by Gasteiger charge is 2.96. The number of hydrogen-bond acceptors (Lipinski definition) is 7. The fraction of sp³-hybridized carbons (Fsp3) is 0.850. The molecule has 0 aromatic rings. The minimum absolute atomic E-state index is 0.0583. The number of aliphatic hydroxyl groups excluding tert-OH is 2. The Morgan fingerprint density at radius 2 is 1.96 bits per heavy atom. The standard InChI is InChI=1S/C20H26O7/c1-8(2)18(24)13(21)14-20(27-14)17(3)5-4-9-10(7-25-15(9)22)11(17)6-12-19(20,26-12)16(18)23/h8,11-14,16,21,23-24H,4-7H2,1-3H3/t11?,12-,13+,14-,16+,17-,18-,19+,20+/m0/s1. The molecule has 3 heterocycles. The number of cyclic esters (lactones) is 1. The average Bonchev–Trinajstić information content (AvgIpc) is 3.50. The maximum Gasteiger partial charge on any atom is 0.334 e. The fourth-order valence-corrected chi connectivity index (χ4v) is 7.30. The van der Waals surface area contributed by atoms with Crippen molar-refractivity contribution in [3.05, 3.63) is 11.1 Å². The number of ether oxygens (including phenoxy) is 3. The van der Waals surface area contributed by atoms with Crippen molar-refractivity contribution in [3.8, 4) is 0 Å². The van der Waals surface area contributed by atoms with Gasteiger partial charge in [0.05, 0.1) is 6.10 Å². The molecule has 0 aromatic heterocycles. The van der Waals surface area contributed by atoms with Gasteiger partial charge in [-0.05, 0) is 36.7 Å². The maximum absolute atomic E-state index is 12.1. The number of epoxide rings is 2. The van der Waals surface area contributed by atoms with Crippen molar-refractivity contribution in [2.24, 2.45) is 17.3 Å². The Hall–Kier alpha value is -0.990. The number of hydrogen-bond donors (Lipinski definition) is 3. The Kier molecular flexibility index (Phi) is 2.78. The number of carbonyl (C=O) groups excluding carboxylic acids is 1. The number of carbonyl (C=O) groups is 1. The zero-order chi connectivity index (χ0) is 19.1. The summed E-state index contributed by atoms with van der Waals surface area (Å²) < 4.78 is 17.7. The van der Waals surface area contributed by atoms with Crippen LogP contribution in [0.2, 0.25) is 0 Å². The van der Waals surface area contributed by atoms with E-state index in [0.717, 1.165) is 11.1 Å². The largest absolute Gasteiger partial charge is 0.458 e. The molecule has 6 rings (SSSR count). The highest BCUT2D eigenvalue weighted by Crippen LogP contribution is 2.79. The zero-order valence-corrected chi connectivity index (χ0v) is 15.8. The van der Waals surface area contributed by atoms with Gasteiger partial charge in [0.15, 0.2) is 5.60 Å². The van der Waals surface area contributed by atoms with E-state index in [4.69, 9.17) is 14.2 Å². The molecule has 148 valence electrons. The Morgan fingerprint density at radius 3 is 2.67 bits per heavy atom. The summed E-state index contributed by atoms with van der Waals surface area (Å²) in [4.78, 5) is 12.1. The number of rotatable bonds is 1. The lowest BCUT2D eigenvalue weighted by molar-refractivity contribution is -0.223. The van der Waals surface area contributed by atoms with E-state index in [1.807, 2.05) is 0 Å². The van der Waals surface area contributed by atoms with E-state index in [1.54, 1.807) is 13.8 Å². The first kappa shape index (κ1) is 16.9. The summed E-state index contributed by atoms with van der Waals surface area (Å²) in [6.45, 7) is 6.03. The van der Waals surface area contributed by atoms with Crippen molar-refractivity contribution in [2.75, 3.05) is 6.61 Å². The van der Waals surface area contributed by atoms with E-state index in [0.29, 0.717) is 25.9 Å². The Bertz CT molecular complexity index is 806. The smallest absolute Gasteiger partial charge is 0.334 e. The second kappa shape index (κ2) is 4.44. The second-order valence-corrected chi connectivity index (χ2v) is 9.85. The molecule has 1 unspecified atom stereocenters. The molecular formula is C20H26O7. The minimum Gasteiger partial charge on any atom is -0.458 e. The van der Waals surface area contributed by atoms with Crippen molar-refractivity contribution >= 4 is 5.97 Å². The average molecular weight is 378 g/mol. The third kappa shape index (κ3) is 1.44. The van der Waals surface area contributed by atoms with Gasteiger partial charge in [-0.3, -0.25) is 0 Å². The van der Waals surface area contributed by atoms with Gasteiger partial charge < -0.3 is 29.5 Å². The van der Waals surface area contributed by atoms with Crippen LogP contribution in [0.25, 0.3) is 0 Å². The van der Waals surface area contributed by atoms with E-state index in [1.165, 1.54) is 0 Å². The fourth-order valence-electron chi connectivity index (χ4n) is 7.30. The first-order chi connectivity index (χ1) is 12.7. The first-order valence-corrected chi connectivity index (χ1v) is 9.99. The minimum atomic E-state index is -1.67. The Labute approximate surface area is 157 Å². The third-order valence-electron chi connectivity index (χ3n) is 8.90. The van der Waals surface area contributed by atoms with Crippen LogP contribution >= 0.6 is 0 Å². The summed E-state index contributed by atoms with van der Waals surface area (Å²) in [6.07, 6.45) is -1.25. The predicted molar refractivity (Wildman–Crippen MR) is 90.4 cm³/mol. The SMILES string of the molecule is CC(C)[C@]1(O)[C@H](O)[C@@H]2O[C@]23[C@]2(O[C@H]2CC2C4=C(CC[C@@]23C)C(=O)OC4)[C@@H]1O. The van der Waals surface area contributed by atoms with Gasteiger partial charge in [0, 0.05) is 11.0 Å². The summed E-state index contributed by atoms with van der Waals surface area (Å²) in [6, 6.07) is 0. The highest BCUT2D eigenvalue weighted by molar-refractivity contribution is 5.92. The monoisotopic (exact) mass is 378 g/mol. The molecule has 2 saturated heterocycles. The van der Waals surface area contributed by atoms with E-state index < -0.39 is 40.5 Å². The van der Waals surface area contributed by atoms with Crippen LogP contribution in [0, 0.1) is 17.3 Å². The predicted octanol–water partition coefficient (Wildman–Crippen LogP) is 0.0575. The van der Waals surface area contributed by atoms with Crippen LogP contribution in [0.4, 0.5) is 0 Å². The topological polar surface area (TPSA) is 112 Å². The van der Waals surface area contributed by atoms with Gasteiger partial charge in [0.25, 0.3) is 0 Å². The lowest BCUT2D eigenvalue weighted by atomic mass is 9.45. The highest BCUT2D eigenvalue weighted by atomic mass is 16.7. The molecule has 3 N–H and O–H groups in total. The summed E-state index contributed by atoms with van der Waals surface area (Å²) >= 11 is 0. The van der Waals surface area contributed by atoms with Crippen LogP contribution in [-0.4, -0.2) is 69.1 Å². The molecule has 7 heteroatoms. The van der Waals surface area contributed by atoms with Gasteiger partial charge in [0.1, 0.15) is 36.1 Å². The molecule has 4 fully saturated rings. The van der Waals surface area contributed by atoms with Crippen molar-refractivity contribution in [2.45, 2.75) is 81.3 Å². The van der Waals surface area contributed by atoms with E-state index in [9.17, 15) is 20.1 Å². The molecule has 0 aromatic carbocycles. The lowest BCUT2D eigenvalue weighted by Gasteiger charge is -2.56. The van der Waals surface area contributed by atoms with Crippen LogP contribution in [0.3, 0.4) is 0 Å². The van der Waals surface area contributed by atoms with Gasteiger partial charge in [0.2, 0.25) is 0 Å². The zero-order valence-electron chi connectivity index (χ0n) is 15.8. The molecule has 0 radical (unpaired) electrons. The summed E-state index contributed by atoms with van der Waals surface area (Å²) in [7, 11) is 0. The van der Waals surface area contributed by atoms with E-state index in [-0.39, 0.29) is 23.9 Å². The third-order valence-corrected chi connectivity index (χ3v) is 8.90. The molecule has 0 bridgehead atoms. The Balaban J connectivity index is 1.50. The molecule has 6 aliphatic rings. The summed E-state index contributed by atoms with van der Waals surface area (Å²) in [5.74, 6) is -0.511.